The van der Waals surface area contributed by atoms with Gasteiger partial charge in [0.05, 0.1) is 30.1 Å². The fraction of sp³-hybridized carbons (Fsp3) is 0.207. The molecule has 35 heavy (non-hydrogen) atoms. The third-order valence-electron chi connectivity index (χ3n) is 6.38. The van der Waals surface area contributed by atoms with Crippen LogP contribution in [0.25, 0.3) is 11.1 Å². The van der Waals surface area contributed by atoms with Crippen LogP contribution in [0.2, 0.25) is 0 Å². The summed E-state index contributed by atoms with van der Waals surface area (Å²) in [6.07, 6.45) is 3.82. The molecule has 0 saturated heterocycles. The van der Waals surface area contributed by atoms with Crippen LogP contribution in [0.4, 0.5) is 5.69 Å². The highest BCUT2D eigenvalue weighted by Crippen LogP contribution is 2.25. The molecule has 4 rings (SSSR count). The summed E-state index contributed by atoms with van der Waals surface area (Å²) in [5.74, 6) is 0.564. The Kier molecular flexibility index (Phi) is 7.27. The summed E-state index contributed by atoms with van der Waals surface area (Å²) < 4.78 is 2.11. The number of amides is 1. The van der Waals surface area contributed by atoms with E-state index in [9.17, 15) is 4.79 Å². The number of primary amides is 1. The van der Waals surface area contributed by atoms with Gasteiger partial charge in [-0.05, 0) is 66.8 Å². The van der Waals surface area contributed by atoms with Crippen molar-refractivity contribution in [3.8, 4) is 17.2 Å². The lowest BCUT2D eigenvalue weighted by molar-refractivity contribution is 0.100. The van der Waals surface area contributed by atoms with Crippen LogP contribution in [0.5, 0.6) is 0 Å². The van der Waals surface area contributed by atoms with E-state index in [1.54, 1.807) is 6.07 Å². The van der Waals surface area contributed by atoms with Crippen LogP contribution in [-0.2, 0) is 20.0 Å². The van der Waals surface area contributed by atoms with Gasteiger partial charge in [-0.1, -0.05) is 42.5 Å². The number of imidazole rings is 1. The topological polar surface area (TPSA) is 87.9 Å². The first kappa shape index (κ1) is 23.8. The van der Waals surface area contributed by atoms with Crippen molar-refractivity contribution in [2.45, 2.75) is 26.3 Å². The molecule has 0 radical (unpaired) electrons. The van der Waals surface area contributed by atoms with Crippen molar-refractivity contribution in [1.82, 2.24) is 9.55 Å². The van der Waals surface area contributed by atoms with Crippen LogP contribution in [0.15, 0.2) is 79.0 Å². The van der Waals surface area contributed by atoms with E-state index < -0.39 is 5.91 Å². The third kappa shape index (κ3) is 5.59. The Balaban J connectivity index is 1.45. The number of rotatable bonds is 9. The number of aromatic nitrogens is 2. The molecule has 0 atom stereocenters. The number of aryl methyl sites for hydroxylation is 2. The number of hydrogen-bond acceptors (Lipinski definition) is 4. The molecule has 0 saturated carbocycles. The van der Waals surface area contributed by atoms with Crippen molar-refractivity contribution in [3.63, 3.8) is 0 Å². The first-order valence-corrected chi connectivity index (χ1v) is 11.7. The second-order valence-electron chi connectivity index (χ2n) is 8.65. The molecule has 4 aromatic rings. The van der Waals surface area contributed by atoms with E-state index >= 15 is 0 Å². The molecule has 1 amide bonds. The van der Waals surface area contributed by atoms with Crippen LogP contribution in [-0.4, -0.2) is 22.0 Å². The van der Waals surface area contributed by atoms with Gasteiger partial charge >= 0.3 is 0 Å². The van der Waals surface area contributed by atoms with Gasteiger partial charge < -0.3 is 15.2 Å². The predicted octanol–water partition coefficient (Wildman–Crippen LogP) is 5.01. The number of nitrogens with zero attached hydrogens (tertiary/aromatic N) is 4. The van der Waals surface area contributed by atoms with E-state index in [-0.39, 0.29) is 0 Å². The maximum atomic E-state index is 11.8. The van der Waals surface area contributed by atoms with Crippen LogP contribution >= 0.6 is 0 Å². The molecule has 1 heterocycles. The highest BCUT2D eigenvalue weighted by Gasteiger charge is 2.12. The summed E-state index contributed by atoms with van der Waals surface area (Å²) in [7, 11) is 2.03. The molecule has 176 valence electrons. The Bertz CT molecular complexity index is 1350. The quantitative estimate of drug-likeness (QED) is 0.378. The number of benzene rings is 3. The maximum absolute atomic E-state index is 11.8. The van der Waals surface area contributed by atoms with Crippen LogP contribution in [0.3, 0.4) is 0 Å². The van der Waals surface area contributed by atoms with Gasteiger partial charge in [0, 0.05) is 24.8 Å². The molecule has 0 aliphatic carbocycles. The molecule has 1 aromatic heterocycles. The summed E-state index contributed by atoms with van der Waals surface area (Å²) in [5, 5.41) is 9.15. The number of carbonyl (C=O) groups is 1. The monoisotopic (exact) mass is 463 g/mol. The minimum Gasteiger partial charge on any atom is -0.366 e. The van der Waals surface area contributed by atoms with E-state index in [4.69, 9.17) is 11.0 Å². The Morgan fingerprint density at radius 2 is 1.77 bits per heavy atom. The minimum atomic E-state index is -0.420. The van der Waals surface area contributed by atoms with E-state index in [2.05, 4.69) is 32.7 Å². The van der Waals surface area contributed by atoms with E-state index in [0.29, 0.717) is 11.1 Å². The Labute approximate surface area is 206 Å². The van der Waals surface area contributed by atoms with Crippen molar-refractivity contribution in [2.75, 3.05) is 11.4 Å². The molecule has 0 spiro atoms. The Morgan fingerprint density at radius 1 is 1.06 bits per heavy atom. The van der Waals surface area contributed by atoms with E-state index in [1.807, 2.05) is 74.8 Å². The largest absolute Gasteiger partial charge is 0.366 e. The van der Waals surface area contributed by atoms with Crippen molar-refractivity contribution in [1.29, 1.82) is 5.26 Å². The molecule has 6 nitrogen and oxygen atoms in total. The zero-order valence-electron chi connectivity index (χ0n) is 20.1. The lowest BCUT2D eigenvalue weighted by Crippen LogP contribution is -2.25. The summed E-state index contributed by atoms with van der Waals surface area (Å²) in [5.41, 5.74) is 12.0. The van der Waals surface area contributed by atoms with Gasteiger partial charge in [-0.25, -0.2) is 4.98 Å². The highest BCUT2D eigenvalue weighted by molar-refractivity contribution is 5.99. The molecule has 0 bridgehead atoms. The lowest BCUT2D eigenvalue weighted by atomic mass is 9.97. The number of nitrogens with two attached hydrogens (primary N) is 1. The van der Waals surface area contributed by atoms with Crippen molar-refractivity contribution < 1.29 is 4.79 Å². The first-order valence-electron chi connectivity index (χ1n) is 11.7. The van der Waals surface area contributed by atoms with Crippen molar-refractivity contribution in [2.24, 2.45) is 12.8 Å². The lowest BCUT2D eigenvalue weighted by Gasteiger charge is -2.25. The fourth-order valence-electron chi connectivity index (χ4n) is 4.21. The molecule has 0 aliphatic rings. The standard InChI is InChI=1S/C29H29N5O/c1-21-32-19-26(33(21)2)20-34(25-15-11-23(18-30)12-16-25)17-5-6-22-9-13-24(14-10-22)27-7-3-4-8-28(27)29(31)35/h3-4,7-16,19H,5-6,17,20H2,1-2H3,(H2,31,35). The second kappa shape index (κ2) is 10.7. The molecule has 3 aromatic carbocycles. The van der Waals surface area contributed by atoms with Gasteiger partial charge in [0.25, 0.3) is 0 Å². The molecule has 0 fully saturated rings. The van der Waals surface area contributed by atoms with Gasteiger partial charge in [-0.2, -0.15) is 5.26 Å². The third-order valence-corrected chi connectivity index (χ3v) is 6.38. The van der Waals surface area contributed by atoms with Gasteiger partial charge in [0.2, 0.25) is 5.91 Å². The smallest absolute Gasteiger partial charge is 0.249 e. The average molecular weight is 464 g/mol. The van der Waals surface area contributed by atoms with Gasteiger partial charge in [-0.15, -0.1) is 0 Å². The van der Waals surface area contributed by atoms with Crippen molar-refractivity contribution in [3.05, 3.63) is 107 Å². The normalized spacial score (nSPS) is 10.7. The van der Waals surface area contributed by atoms with Crippen molar-refractivity contribution >= 4 is 11.6 Å². The summed E-state index contributed by atoms with van der Waals surface area (Å²) in [4.78, 5) is 18.5. The molecular weight excluding hydrogens is 434 g/mol. The number of carbonyl (C=O) groups excluding carboxylic acids is 1. The van der Waals surface area contributed by atoms with Crippen LogP contribution in [0, 0.1) is 18.3 Å². The van der Waals surface area contributed by atoms with Gasteiger partial charge in [0.15, 0.2) is 0 Å². The van der Waals surface area contributed by atoms with E-state index in [1.165, 1.54) is 5.56 Å². The fourth-order valence-corrected chi connectivity index (χ4v) is 4.21. The Morgan fingerprint density at radius 3 is 2.40 bits per heavy atom. The zero-order valence-corrected chi connectivity index (χ0v) is 20.1. The molecular formula is C29H29N5O. The summed E-state index contributed by atoms with van der Waals surface area (Å²) >= 11 is 0. The minimum absolute atomic E-state index is 0.420. The average Bonchev–Trinajstić information content (AvgIpc) is 3.20. The maximum Gasteiger partial charge on any atom is 0.249 e. The highest BCUT2D eigenvalue weighted by atomic mass is 16.1. The van der Waals surface area contributed by atoms with Gasteiger partial charge in [0.1, 0.15) is 5.82 Å². The molecule has 6 heteroatoms. The molecule has 0 unspecified atom stereocenters. The number of hydrogen-bond donors (Lipinski definition) is 1. The molecule has 0 aliphatic heterocycles. The van der Waals surface area contributed by atoms with E-state index in [0.717, 1.165) is 54.3 Å². The summed E-state index contributed by atoms with van der Waals surface area (Å²) in [6, 6.07) is 25.7. The summed E-state index contributed by atoms with van der Waals surface area (Å²) in [6.45, 7) is 3.61. The van der Waals surface area contributed by atoms with Crippen LogP contribution < -0.4 is 10.6 Å². The Hall–Kier alpha value is -4.37. The number of anilines is 1. The van der Waals surface area contributed by atoms with Gasteiger partial charge in [-0.3, -0.25) is 4.79 Å². The number of nitriles is 1. The van der Waals surface area contributed by atoms with Crippen LogP contribution in [0.1, 0.15) is 39.4 Å². The molecule has 2 N–H and O–H groups in total. The second-order valence-corrected chi connectivity index (χ2v) is 8.65. The SMILES string of the molecule is Cc1ncc(CN(CCCc2ccc(-c3ccccc3C(N)=O)cc2)c2ccc(C#N)cc2)n1C. The zero-order chi connectivity index (χ0) is 24.8. The predicted molar refractivity (Wildman–Crippen MR) is 139 cm³/mol. The first-order chi connectivity index (χ1) is 17.0.